The molecule has 0 radical (unpaired) electrons. The standard InChI is InChI=1S/C42H80N2O2/c1-5-9-13-17-21-25-32-43(33-26-22-18-14-10-6-2)41(37-45)39-30-29-31-40(36-39)42(38-46)44(34-27-23-19-15-11-7-3)35-28-24-20-16-12-8-4/h29-31,36,41-42,45-46H,5-28,32-35,37-38H2,1-4H3. The number of unbranched alkanes of at least 4 members (excludes halogenated alkanes) is 20. The van der Waals surface area contributed by atoms with Crippen molar-refractivity contribution in [3.63, 3.8) is 0 Å². The third kappa shape index (κ3) is 20.4. The molecule has 0 aliphatic rings. The van der Waals surface area contributed by atoms with Crippen molar-refractivity contribution in [3.8, 4) is 0 Å². The number of aliphatic hydroxyl groups is 2. The Hall–Kier alpha value is -0.940. The molecule has 0 saturated heterocycles. The van der Waals surface area contributed by atoms with Crippen molar-refractivity contribution < 1.29 is 10.2 Å². The van der Waals surface area contributed by atoms with Gasteiger partial charge in [0, 0.05) is 0 Å². The fourth-order valence-electron chi connectivity index (χ4n) is 7.06. The zero-order valence-electron chi connectivity index (χ0n) is 31.5. The molecule has 0 aliphatic carbocycles. The fourth-order valence-corrected chi connectivity index (χ4v) is 7.06. The zero-order chi connectivity index (χ0) is 33.5. The summed E-state index contributed by atoms with van der Waals surface area (Å²) in [6.07, 6.45) is 31.1. The van der Waals surface area contributed by atoms with Crippen LogP contribution in [0.2, 0.25) is 0 Å². The summed E-state index contributed by atoms with van der Waals surface area (Å²) in [7, 11) is 0. The van der Waals surface area contributed by atoms with Gasteiger partial charge in [-0.2, -0.15) is 0 Å². The summed E-state index contributed by atoms with van der Waals surface area (Å²) in [5.74, 6) is 0. The van der Waals surface area contributed by atoms with E-state index in [9.17, 15) is 10.2 Å². The number of aliphatic hydroxyl groups excluding tert-OH is 2. The van der Waals surface area contributed by atoms with Crippen LogP contribution in [-0.2, 0) is 0 Å². The van der Waals surface area contributed by atoms with E-state index >= 15 is 0 Å². The molecular formula is C42H80N2O2. The number of benzene rings is 1. The summed E-state index contributed by atoms with van der Waals surface area (Å²) in [6, 6.07) is 9.00. The van der Waals surface area contributed by atoms with Crippen molar-refractivity contribution in [2.75, 3.05) is 39.4 Å². The van der Waals surface area contributed by atoms with Crippen LogP contribution in [0.4, 0.5) is 0 Å². The van der Waals surface area contributed by atoms with Crippen LogP contribution in [0.3, 0.4) is 0 Å². The predicted octanol–water partition coefficient (Wildman–Crippen LogP) is 11.8. The SMILES string of the molecule is CCCCCCCCN(CCCCCCCC)C(CO)c1cccc(C(CO)N(CCCCCCCC)CCCCCCCC)c1. The highest BCUT2D eigenvalue weighted by atomic mass is 16.3. The average Bonchev–Trinajstić information content (AvgIpc) is 3.07. The first kappa shape index (κ1) is 43.1. The predicted molar refractivity (Wildman–Crippen MR) is 203 cm³/mol. The summed E-state index contributed by atoms with van der Waals surface area (Å²) < 4.78 is 0. The number of rotatable bonds is 34. The Balaban J connectivity index is 3.03. The topological polar surface area (TPSA) is 46.9 Å². The van der Waals surface area contributed by atoms with E-state index in [4.69, 9.17) is 0 Å². The molecule has 4 nitrogen and oxygen atoms in total. The van der Waals surface area contributed by atoms with E-state index in [1.165, 1.54) is 165 Å². The fraction of sp³-hybridized carbons (Fsp3) is 0.857. The maximum absolute atomic E-state index is 10.8. The van der Waals surface area contributed by atoms with Gasteiger partial charge in [-0.1, -0.05) is 180 Å². The van der Waals surface area contributed by atoms with Gasteiger partial charge in [-0.15, -0.1) is 0 Å². The number of hydrogen-bond acceptors (Lipinski definition) is 4. The minimum atomic E-state index is 0.0242. The van der Waals surface area contributed by atoms with Crippen LogP contribution in [0.15, 0.2) is 24.3 Å². The third-order valence-electron chi connectivity index (χ3n) is 10.1. The quantitative estimate of drug-likeness (QED) is 0.0733. The van der Waals surface area contributed by atoms with Crippen LogP contribution in [0.1, 0.15) is 205 Å². The zero-order valence-corrected chi connectivity index (χ0v) is 31.5. The molecule has 4 heteroatoms. The van der Waals surface area contributed by atoms with E-state index < -0.39 is 0 Å². The highest BCUT2D eigenvalue weighted by molar-refractivity contribution is 5.29. The Morgan fingerprint density at radius 1 is 0.413 bits per heavy atom. The molecule has 0 saturated carbocycles. The monoisotopic (exact) mass is 645 g/mol. The van der Waals surface area contributed by atoms with E-state index in [1.807, 2.05) is 0 Å². The Morgan fingerprint density at radius 3 is 0.935 bits per heavy atom. The van der Waals surface area contributed by atoms with Crippen LogP contribution in [0.5, 0.6) is 0 Å². The molecule has 0 spiro atoms. The molecule has 0 heterocycles. The molecule has 2 unspecified atom stereocenters. The Morgan fingerprint density at radius 2 is 0.674 bits per heavy atom. The lowest BCUT2D eigenvalue weighted by atomic mass is 9.97. The van der Waals surface area contributed by atoms with Gasteiger partial charge in [-0.3, -0.25) is 9.80 Å². The second kappa shape index (κ2) is 31.3. The Labute approximate surface area is 288 Å². The first-order chi connectivity index (χ1) is 22.7. The molecule has 0 amide bonds. The summed E-state index contributed by atoms with van der Waals surface area (Å²) in [5, 5.41) is 21.6. The molecule has 270 valence electrons. The summed E-state index contributed by atoms with van der Waals surface area (Å²) in [4.78, 5) is 5.16. The second-order valence-corrected chi connectivity index (χ2v) is 14.2. The molecular weight excluding hydrogens is 564 g/mol. The van der Waals surface area contributed by atoms with Gasteiger partial charge >= 0.3 is 0 Å². The van der Waals surface area contributed by atoms with Gasteiger partial charge < -0.3 is 10.2 Å². The Bertz CT molecular complexity index is 681. The van der Waals surface area contributed by atoms with Crippen LogP contribution in [0, 0.1) is 0 Å². The molecule has 0 fully saturated rings. The van der Waals surface area contributed by atoms with Gasteiger partial charge in [0.1, 0.15) is 0 Å². The minimum absolute atomic E-state index is 0.0242. The van der Waals surface area contributed by atoms with Gasteiger partial charge in [0.2, 0.25) is 0 Å². The summed E-state index contributed by atoms with van der Waals surface area (Å²) in [5.41, 5.74) is 2.43. The van der Waals surface area contributed by atoms with Crippen molar-refractivity contribution in [2.45, 2.75) is 194 Å². The summed E-state index contributed by atoms with van der Waals surface area (Å²) >= 11 is 0. The molecule has 1 rings (SSSR count). The minimum Gasteiger partial charge on any atom is -0.394 e. The van der Waals surface area contributed by atoms with Gasteiger partial charge in [0.25, 0.3) is 0 Å². The van der Waals surface area contributed by atoms with Gasteiger partial charge in [0.05, 0.1) is 25.3 Å². The smallest absolute Gasteiger partial charge is 0.0628 e. The van der Waals surface area contributed by atoms with E-state index in [2.05, 4.69) is 61.8 Å². The van der Waals surface area contributed by atoms with Crippen molar-refractivity contribution >= 4 is 0 Å². The number of nitrogens with zero attached hydrogens (tertiary/aromatic N) is 2. The maximum atomic E-state index is 10.8. The lowest BCUT2D eigenvalue weighted by molar-refractivity contribution is 0.114. The highest BCUT2D eigenvalue weighted by Gasteiger charge is 2.23. The van der Waals surface area contributed by atoms with Crippen LogP contribution in [-0.4, -0.2) is 59.4 Å². The van der Waals surface area contributed by atoms with Crippen LogP contribution in [0.25, 0.3) is 0 Å². The van der Waals surface area contributed by atoms with Crippen LogP contribution < -0.4 is 0 Å². The molecule has 2 N–H and O–H groups in total. The second-order valence-electron chi connectivity index (χ2n) is 14.2. The summed E-state index contributed by atoms with van der Waals surface area (Å²) in [6.45, 7) is 13.7. The van der Waals surface area contributed by atoms with Crippen molar-refractivity contribution in [1.82, 2.24) is 9.80 Å². The largest absolute Gasteiger partial charge is 0.394 e. The molecule has 0 aromatic heterocycles. The van der Waals surface area contributed by atoms with Gasteiger partial charge in [0.15, 0.2) is 0 Å². The van der Waals surface area contributed by atoms with E-state index in [-0.39, 0.29) is 25.3 Å². The van der Waals surface area contributed by atoms with E-state index in [1.54, 1.807) is 0 Å². The third-order valence-corrected chi connectivity index (χ3v) is 10.1. The van der Waals surface area contributed by atoms with Crippen molar-refractivity contribution in [1.29, 1.82) is 0 Å². The van der Waals surface area contributed by atoms with Crippen LogP contribution >= 0.6 is 0 Å². The highest BCUT2D eigenvalue weighted by Crippen LogP contribution is 2.28. The normalized spacial score (nSPS) is 13.2. The van der Waals surface area contributed by atoms with Gasteiger partial charge in [-0.05, 0) is 63.0 Å². The van der Waals surface area contributed by atoms with E-state index in [0.29, 0.717) is 0 Å². The Kier molecular flexibility index (Phi) is 29.3. The molecule has 0 bridgehead atoms. The first-order valence-electron chi connectivity index (χ1n) is 20.5. The molecule has 1 aromatic carbocycles. The first-order valence-corrected chi connectivity index (χ1v) is 20.5. The van der Waals surface area contributed by atoms with Gasteiger partial charge in [-0.25, -0.2) is 0 Å². The molecule has 46 heavy (non-hydrogen) atoms. The molecule has 2 atom stereocenters. The van der Waals surface area contributed by atoms with Crippen molar-refractivity contribution in [2.24, 2.45) is 0 Å². The lowest BCUT2D eigenvalue weighted by Crippen LogP contribution is -2.34. The lowest BCUT2D eigenvalue weighted by Gasteiger charge is -2.34. The van der Waals surface area contributed by atoms with E-state index in [0.717, 1.165) is 26.2 Å². The van der Waals surface area contributed by atoms with Crippen molar-refractivity contribution in [3.05, 3.63) is 35.4 Å². The molecule has 1 aromatic rings. The number of hydrogen-bond donors (Lipinski definition) is 2. The molecule has 0 aliphatic heterocycles. The average molecular weight is 645 g/mol. The maximum Gasteiger partial charge on any atom is 0.0628 e.